The fourth-order valence-electron chi connectivity index (χ4n) is 1.13. The first-order valence-electron chi connectivity index (χ1n) is 3.73. The molecule has 3 nitrogen and oxygen atoms in total. The van der Waals surface area contributed by atoms with E-state index in [4.69, 9.17) is 9.57 Å². The Balaban J connectivity index is 2.24. The molecule has 0 bridgehead atoms. The lowest BCUT2D eigenvalue weighted by Gasteiger charge is -2.28. The lowest BCUT2D eigenvalue weighted by Crippen LogP contribution is -2.35. The number of rotatable bonds is 2. The van der Waals surface area contributed by atoms with Crippen LogP contribution in [-0.2, 0) is 9.57 Å². The molecule has 0 aliphatic carbocycles. The summed E-state index contributed by atoms with van der Waals surface area (Å²) in [5.74, 6) is 0. The third kappa shape index (κ3) is 1.94. The van der Waals surface area contributed by atoms with Gasteiger partial charge in [0.2, 0.25) is 0 Å². The van der Waals surface area contributed by atoms with Gasteiger partial charge in [0.15, 0.2) is 0 Å². The van der Waals surface area contributed by atoms with Crippen LogP contribution in [0.2, 0.25) is 0 Å². The number of hydrogen-bond donors (Lipinski definition) is 0. The minimum atomic E-state index is 0.179. The molecule has 0 spiro atoms. The quantitative estimate of drug-likeness (QED) is 0.541. The minimum Gasteiger partial charge on any atom is -0.361 e. The molecule has 3 heteroatoms. The molecule has 1 atom stereocenters. The van der Waals surface area contributed by atoms with Crippen molar-refractivity contribution in [3.8, 4) is 0 Å². The van der Waals surface area contributed by atoms with E-state index >= 15 is 0 Å². The monoisotopic (exact) mass is 145 g/mol. The summed E-state index contributed by atoms with van der Waals surface area (Å²) in [4.78, 5) is 5.00. The fourth-order valence-corrected chi connectivity index (χ4v) is 1.13. The molecule has 60 valence electrons. The highest BCUT2D eigenvalue weighted by Gasteiger charge is 2.17. The van der Waals surface area contributed by atoms with Gasteiger partial charge in [0.05, 0.1) is 7.11 Å². The topological polar surface area (TPSA) is 21.7 Å². The van der Waals surface area contributed by atoms with Crippen LogP contribution in [0, 0.1) is 0 Å². The van der Waals surface area contributed by atoms with Crippen molar-refractivity contribution >= 4 is 0 Å². The molecule has 0 aromatic heterocycles. The molecule has 0 amide bonds. The summed E-state index contributed by atoms with van der Waals surface area (Å²) >= 11 is 0. The Morgan fingerprint density at radius 1 is 1.50 bits per heavy atom. The second-order valence-corrected chi connectivity index (χ2v) is 2.55. The van der Waals surface area contributed by atoms with E-state index in [1.807, 2.05) is 7.05 Å². The predicted molar refractivity (Wildman–Crippen MR) is 38.4 cm³/mol. The first-order valence-corrected chi connectivity index (χ1v) is 3.73. The third-order valence-corrected chi connectivity index (χ3v) is 1.85. The Morgan fingerprint density at radius 3 is 2.80 bits per heavy atom. The average molecular weight is 145 g/mol. The number of hydroxylamine groups is 2. The average Bonchev–Trinajstić information content (AvgIpc) is 2.05. The second-order valence-electron chi connectivity index (χ2n) is 2.55. The van der Waals surface area contributed by atoms with Gasteiger partial charge in [-0.05, 0) is 19.3 Å². The maximum Gasteiger partial charge on any atom is 0.132 e. The van der Waals surface area contributed by atoms with Crippen LogP contribution < -0.4 is 0 Å². The van der Waals surface area contributed by atoms with Gasteiger partial charge in [0.1, 0.15) is 6.23 Å². The Hall–Kier alpha value is -0.120. The summed E-state index contributed by atoms with van der Waals surface area (Å²) in [5, 5.41) is 1.76. The molecule has 0 aromatic rings. The normalized spacial score (nSPS) is 27.3. The zero-order chi connectivity index (χ0) is 7.40. The molecule has 1 fully saturated rings. The van der Waals surface area contributed by atoms with Gasteiger partial charge in [-0.3, -0.25) is 0 Å². The first kappa shape index (κ1) is 7.98. The van der Waals surface area contributed by atoms with Crippen molar-refractivity contribution in [2.24, 2.45) is 0 Å². The summed E-state index contributed by atoms with van der Waals surface area (Å²) in [5.41, 5.74) is 0. The molecule has 1 heterocycles. The van der Waals surface area contributed by atoms with E-state index in [0.717, 1.165) is 13.0 Å². The van der Waals surface area contributed by atoms with E-state index < -0.39 is 0 Å². The van der Waals surface area contributed by atoms with Crippen LogP contribution >= 0.6 is 0 Å². The maximum atomic E-state index is 5.43. The predicted octanol–water partition coefficient (Wildman–Crippen LogP) is 1.01. The Labute approximate surface area is 61.9 Å². The highest BCUT2D eigenvalue weighted by Crippen LogP contribution is 2.14. The Bertz CT molecular complexity index is 91.6. The van der Waals surface area contributed by atoms with Gasteiger partial charge in [-0.2, -0.15) is 5.06 Å². The zero-order valence-corrected chi connectivity index (χ0v) is 6.67. The van der Waals surface area contributed by atoms with Crippen LogP contribution in [0.1, 0.15) is 19.3 Å². The van der Waals surface area contributed by atoms with Crippen LogP contribution in [-0.4, -0.2) is 32.1 Å². The molecular formula is C7H15NO2. The summed E-state index contributed by atoms with van der Waals surface area (Å²) in [6.07, 6.45) is 3.70. The molecule has 10 heavy (non-hydrogen) atoms. The van der Waals surface area contributed by atoms with Crippen molar-refractivity contribution in [3.63, 3.8) is 0 Å². The van der Waals surface area contributed by atoms with Gasteiger partial charge in [0, 0.05) is 13.7 Å². The lowest BCUT2D eigenvalue weighted by molar-refractivity contribution is -0.231. The molecule has 1 aliphatic heterocycles. The summed E-state index contributed by atoms with van der Waals surface area (Å²) in [7, 11) is 3.56. The fraction of sp³-hybridized carbons (Fsp3) is 1.00. The third-order valence-electron chi connectivity index (χ3n) is 1.85. The SMILES string of the molecule is CON(C)[C@H]1CCCCO1. The highest BCUT2D eigenvalue weighted by atomic mass is 16.7. The summed E-state index contributed by atoms with van der Waals surface area (Å²) in [6.45, 7) is 0.873. The highest BCUT2D eigenvalue weighted by molar-refractivity contribution is 4.57. The molecule has 1 aliphatic rings. The van der Waals surface area contributed by atoms with Crippen LogP contribution in [0.3, 0.4) is 0 Å². The molecule has 0 N–H and O–H groups in total. The van der Waals surface area contributed by atoms with E-state index in [2.05, 4.69) is 0 Å². The van der Waals surface area contributed by atoms with Crippen molar-refractivity contribution in [3.05, 3.63) is 0 Å². The molecule has 0 saturated carbocycles. The molecule has 0 radical (unpaired) electrons. The van der Waals surface area contributed by atoms with E-state index in [0.29, 0.717) is 0 Å². The zero-order valence-electron chi connectivity index (χ0n) is 6.67. The van der Waals surface area contributed by atoms with Crippen LogP contribution in [0.15, 0.2) is 0 Å². The lowest BCUT2D eigenvalue weighted by atomic mass is 10.2. The van der Waals surface area contributed by atoms with Crippen molar-refractivity contribution in [1.29, 1.82) is 0 Å². The second kappa shape index (κ2) is 3.91. The minimum absolute atomic E-state index is 0.179. The van der Waals surface area contributed by atoms with Crippen molar-refractivity contribution in [2.45, 2.75) is 25.5 Å². The van der Waals surface area contributed by atoms with Crippen molar-refractivity contribution in [2.75, 3.05) is 20.8 Å². The molecule has 1 saturated heterocycles. The molecule has 0 aromatic carbocycles. The van der Waals surface area contributed by atoms with E-state index in [1.165, 1.54) is 12.8 Å². The smallest absolute Gasteiger partial charge is 0.132 e. The number of nitrogens with zero attached hydrogens (tertiary/aromatic N) is 1. The van der Waals surface area contributed by atoms with Gasteiger partial charge in [-0.15, -0.1) is 0 Å². The molecule has 0 unspecified atom stereocenters. The van der Waals surface area contributed by atoms with Gasteiger partial charge >= 0.3 is 0 Å². The van der Waals surface area contributed by atoms with Crippen molar-refractivity contribution in [1.82, 2.24) is 5.06 Å². The van der Waals surface area contributed by atoms with Gasteiger partial charge in [-0.25, -0.2) is 0 Å². The van der Waals surface area contributed by atoms with Gasteiger partial charge in [-0.1, -0.05) is 0 Å². The van der Waals surface area contributed by atoms with Gasteiger partial charge < -0.3 is 9.57 Å². The van der Waals surface area contributed by atoms with E-state index in [9.17, 15) is 0 Å². The Morgan fingerprint density at radius 2 is 2.30 bits per heavy atom. The van der Waals surface area contributed by atoms with Crippen LogP contribution in [0.4, 0.5) is 0 Å². The van der Waals surface area contributed by atoms with E-state index in [-0.39, 0.29) is 6.23 Å². The number of hydrogen-bond acceptors (Lipinski definition) is 3. The maximum absolute atomic E-state index is 5.43. The molecular weight excluding hydrogens is 130 g/mol. The summed E-state index contributed by atoms with van der Waals surface area (Å²) < 4.78 is 5.43. The van der Waals surface area contributed by atoms with Crippen LogP contribution in [0.5, 0.6) is 0 Å². The van der Waals surface area contributed by atoms with Gasteiger partial charge in [0.25, 0.3) is 0 Å². The summed E-state index contributed by atoms with van der Waals surface area (Å²) in [6, 6.07) is 0. The van der Waals surface area contributed by atoms with Crippen LogP contribution in [0.25, 0.3) is 0 Å². The first-order chi connectivity index (χ1) is 4.84. The number of ether oxygens (including phenoxy) is 1. The molecule has 1 rings (SSSR count). The standard InChI is InChI=1S/C7H15NO2/c1-8(9-2)7-5-3-4-6-10-7/h7H,3-6H2,1-2H3/t7-/m1/s1. The largest absolute Gasteiger partial charge is 0.361 e. The Kier molecular flexibility index (Phi) is 3.12. The van der Waals surface area contributed by atoms with E-state index in [1.54, 1.807) is 12.2 Å². The van der Waals surface area contributed by atoms with Crippen molar-refractivity contribution < 1.29 is 9.57 Å².